The van der Waals surface area contributed by atoms with Crippen LogP contribution in [-0.2, 0) is 20.7 Å². The number of esters is 1. The standard InChI is InChI=1S/C30H33F4N3O4/c1-19-15-20-8-9-21(31)16-25(20)36(19)28(40)41-27(39)29(11-13-35-14-12-29)18-26(38)37(24-7-3-2-6-23(24)32)22-5-4-10-30(33,34)17-22/h2-3,6-9,16,19,22,35H,4-5,10-15,17-18H2,1H3/t19-,22?/m0/s1. The number of ether oxygens (including phenoxy) is 1. The van der Waals surface area contributed by atoms with Crippen LogP contribution in [0.2, 0.25) is 0 Å². The van der Waals surface area contributed by atoms with Crippen molar-refractivity contribution in [1.29, 1.82) is 0 Å². The van der Waals surface area contributed by atoms with E-state index in [1.165, 1.54) is 35.2 Å². The Labute approximate surface area is 235 Å². The number of halogens is 4. The summed E-state index contributed by atoms with van der Waals surface area (Å²) in [6, 6.07) is 8.21. The minimum absolute atomic E-state index is 0.127. The molecular formula is C30H33F4N3O4. The highest BCUT2D eigenvalue weighted by Gasteiger charge is 2.48. The first-order chi connectivity index (χ1) is 19.5. The molecule has 0 bridgehead atoms. The highest BCUT2D eigenvalue weighted by molar-refractivity contribution is 6.01. The minimum Gasteiger partial charge on any atom is -0.375 e. The van der Waals surface area contributed by atoms with E-state index in [4.69, 9.17) is 4.74 Å². The van der Waals surface area contributed by atoms with Crippen molar-refractivity contribution in [2.24, 2.45) is 5.41 Å². The average molecular weight is 576 g/mol. The number of para-hydroxylation sites is 1. The van der Waals surface area contributed by atoms with Crippen LogP contribution in [0.4, 0.5) is 33.7 Å². The van der Waals surface area contributed by atoms with Crippen LogP contribution in [0.25, 0.3) is 0 Å². The summed E-state index contributed by atoms with van der Waals surface area (Å²) < 4.78 is 63.1. The summed E-state index contributed by atoms with van der Waals surface area (Å²) >= 11 is 0. The van der Waals surface area contributed by atoms with Crippen LogP contribution in [0.15, 0.2) is 42.5 Å². The lowest BCUT2D eigenvalue weighted by Crippen LogP contribution is -2.51. The molecule has 1 N–H and O–H groups in total. The fraction of sp³-hybridized carbons (Fsp3) is 0.500. The van der Waals surface area contributed by atoms with E-state index in [0.717, 1.165) is 16.5 Å². The maximum atomic E-state index is 15.0. The Hall–Kier alpha value is -3.47. The van der Waals surface area contributed by atoms with Crippen molar-refractivity contribution in [2.45, 2.75) is 76.3 Å². The van der Waals surface area contributed by atoms with Gasteiger partial charge in [-0.15, -0.1) is 0 Å². The van der Waals surface area contributed by atoms with Crippen LogP contribution in [0.5, 0.6) is 0 Å². The molecule has 2 aromatic carbocycles. The Bertz CT molecular complexity index is 1330. The number of hydrogen-bond donors (Lipinski definition) is 1. The highest BCUT2D eigenvalue weighted by Crippen LogP contribution is 2.41. The second-order valence-corrected chi connectivity index (χ2v) is 11.4. The number of carbonyl (C=O) groups is 3. The lowest BCUT2D eigenvalue weighted by Gasteiger charge is -2.40. The first-order valence-corrected chi connectivity index (χ1v) is 14.0. The topological polar surface area (TPSA) is 79.0 Å². The number of piperidine rings is 1. The molecule has 2 fully saturated rings. The van der Waals surface area contributed by atoms with Crippen LogP contribution in [-0.4, -0.2) is 49.1 Å². The number of alkyl halides is 2. The van der Waals surface area contributed by atoms with Crippen LogP contribution in [0.3, 0.4) is 0 Å². The third-order valence-electron chi connectivity index (χ3n) is 8.48. The van der Waals surface area contributed by atoms with E-state index in [9.17, 15) is 31.9 Å². The number of carbonyl (C=O) groups excluding carboxylic acids is 3. The fourth-order valence-electron chi connectivity index (χ4n) is 6.38. The van der Waals surface area contributed by atoms with Gasteiger partial charge in [0.25, 0.3) is 0 Å². The van der Waals surface area contributed by atoms with Gasteiger partial charge in [-0.05, 0) is 81.9 Å². The van der Waals surface area contributed by atoms with Crippen molar-refractivity contribution >= 4 is 29.3 Å². The van der Waals surface area contributed by atoms with Crippen LogP contribution in [0, 0.1) is 17.0 Å². The lowest BCUT2D eigenvalue weighted by atomic mass is 9.75. The predicted molar refractivity (Wildman–Crippen MR) is 144 cm³/mol. The third kappa shape index (κ3) is 5.95. The van der Waals surface area contributed by atoms with Gasteiger partial charge in [0.05, 0.1) is 16.8 Å². The molecule has 2 aromatic rings. The van der Waals surface area contributed by atoms with Gasteiger partial charge in [0.2, 0.25) is 11.8 Å². The Morgan fingerprint density at radius 1 is 1.07 bits per heavy atom. The monoisotopic (exact) mass is 575 g/mol. The van der Waals surface area contributed by atoms with E-state index in [1.807, 2.05) is 0 Å². The molecule has 11 heteroatoms. The smallest absolute Gasteiger partial charge is 0.375 e. The molecule has 0 radical (unpaired) electrons. The van der Waals surface area contributed by atoms with Crippen LogP contribution < -0.4 is 15.1 Å². The Kier molecular flexibility index (Phi) is 8.09. The molecule has 7 nitrogen and oxygen atoms in total. The molecule has 1 saturated carbocycles. The van der Waals surface area contributed by atoms with Gasteiger partial charge < -0.3 is 15.0 Å². The van der Waals surface area contributed by atoms with E-state index in [1.54, 1.807) is 13.0 Å². The maximum Gasteiger partial charge on any atom is 0.422 e. The van der Waals surface area contributed by atoms with E-state index in [0.29, 0.717) is 25.2 Å². The Balaban J connectivity index is 1.41. The van der Waals surface area contributed by atoms with Gasteiger partial charge in [-0.25, -0.2) is 22.4 Å². The molecular weight excluding hydrogens is 542 g/mol. The number of nitrogens with zero attached hydrogens (tertiary/aromatic N) is 2. The van der Waals surface area contributed by atoms with E-state index >= 15 is 0 Å². The summed E-state index contributed by atoms with van der Waals surface area (Å²) in [6.07, 6.45) is -1.17. The number of benzene rings is 2. The molecule has 2 heterocycles. The summed E-state index contributed by atoms with van der Waals surface area (Å²) in [5, 5.41) is 3.12. The molecule has 2 atom stereocenters. The average Bonchev–Trinajstić information content (AvgIpc) is 3.24. The molecule has 5 rings (SSSR count). The number of nitrogens with one attached hydrogen (secondary N) is 1. The second kappa shape index (κ2) is 11.4. The molecule has 220 valence electrons. The highest BCUT2D eigenvalue weighted by atomic mass is 19.3. The van der Waals surface area contributed by atoms with E-state index < -0.39 is 59.8 Å². The zero-order chi connectivity index (χ0) is 29.4. The molecule has 0 aromatic heterocycles. The first kappa shape index (κ1) is 29.0. The quantitative estimate of drug-likeness (QED) is 0.279. The molecule has 1 aliphatic carbocycles. The van der Waals surface area contributed by atoms with Gasteiger partial charge in [0.15, 0.2) is 0 Å². The molecule has 3 aliphatic rings. The van der Waals surface area contributed by atoms with Gasteiger partial charge in [0.1, 0.15) is 11.6 Å². The van der Waals surface area contributed by atoms with Crippen LogP contribution >= 0.6 is 0 Å². The Morgan fingerprint density at radius 3 is 2.51 bits per heavy atom. The van der Waals surface area contributed by atoms with Crippen molar-refractivity contribution < 1.29 is 36.7 Å². The minimum atomic E-state index is -3.01. The van der Waals surface area contributed by atoms with Crippen molar-refractivity contribution in [3.63, 3.8) is 0 Å². The maximum absolute atomic E-state index is 15.0. The van der Waals surface area contributed by atoms with Gasteiger partial charge in [0, 0.05) is 31.3 Å². The van der Waals surface area contributed by atoms with Crippen LogP contribution in [0.1, 0.15) is 57.4 Å². The summed E-state index contributed by atoms with van der Waals surface area (Å²) in [5.41, 5.74) is -0.514. The summed E-state index contributed by atoms with van der Waals surface area (Å²) in [5.74, 6) is -5.89. The van der Waals surface area contributed by atoms with E-state index in [2.05, 4.69) is 5.32 Å². The van der Waals surface area contributed by atoms with Crippen molar-refractivity contribution in [1.82, 2.24) is 5.32 Å². The second-order valence-electron chi connectivity index (χ2n) is 11.4. The zero-order valence-electron chi connectivity index (χ0n) is 22.8. The predicted octanol–water partition coefficient (Wildman–Crippen LogP) is 5.75. The number of rotatable bonds is 5. The van der Waals surface area contributed by atoms with Crippen molar-refractivity contribution in [2.75, 3.05) is 22.9 Å². The fourth-order valence-corrected chi connectivity index (χ4v) is 6.38. The SMILES string of the molecule is C[C@H]1Cc2ccc(F)cc2N1C(=O)OC(=O)C1(CC(=O)N(c2ccccc2F)C2CCCC(F)(F)C2)CCNCC1. The third-order valence-corrected chi connectivity index (χ3v) is 8.48. The molecule has 1 saturated heterocycles. The Morgan fingerprint density at radius 2 is 1.80 bits per heavy atom. The summed E-state index contributed by atoms with van der Waals surface area (Å²) in [6.45, 7) is 2.46. The number of hydrogen-bond acceptors (Lipinski definition) is 5. The molecule has 0 spiro atoms. The molecule has 2 aliphatic heterocycles. The lowest BCUT2D eigenvalue weighted by molar-refractivity contribution is -0.153. The zero-order valence-corrected chi connectivity index (χ0v) is 22.8. The number of anilines is 2. The van der Waals surface area contributed by atoms with Gasteiger partial charge >= 0.3 is 12.1 Å². The van der Waals surface area contributed by atoms with Gasteiger partial charge in [-0.3, -0.25) is 14.5 Å². The number of fused-ring (bicyclic) bond motifs is 1. The normalized spacial score (nSPS) is 23.0. The van der Waals surface area contributed by atoms with Crippen molar-refractivity contribution in [3.8, 4) is 0 Å². The largest absolute Gasteiger partial charge is 0.422 e. The first-order valence-electron chi connectivity index (χ1n) is 14.0. The number of amides is 2. The van der Waals surface area contributed by atoms with Gasteiger partial charge in [-0.1, -0.05) is 18.2 Å². The van der Waals surface area contributed by atoms with Crippen molar-refractivity contribution in [3.05, 3.63) is 59.7 Å². The molecule has 41 heavy (non-hydrogen) atoms. The molecule has 1 unspecified atom stereocenters. The summed E-state index contributed by atoms with van der Waals surface area (Å²) in [7, 11) is 0. The van der Waals surface area contributed by atoms with Gasteiger partial charge in [-0.2, -0.15) is 0 Å². The van der Waals surface area contributed by atoms with E-state index in [-0.39, 0.29) is 43.8 Å². The molecule has 2 amide bonds. The summed E-state index contributed by atoms with van der Waals surface area (Å²) in [4.78, 5) is 43.1.